The van der Waals surface area contributed by atoms with E-state index in [1.54, 1.807) is 26.0 Å². The van der Waals surface area contributed by atoms with Gasteiger partial charge in [-0.3, -0.25) is 4.79 Å². The van der Waals surface area contributed by atoms with Gasteiger partial charge in [0.25, 0.3) is 5.91 Å². The van der Waals surface area contributed by atoms with E-state index in [0.29, 0.717) is 55.3 Å². The number of nitrogens with zero attached hydrogens (tertiary/aromatic N) is 3. The molecule has 4 rings (SSSR count). The average molecular weight is 501 g/mol. The molecule has 0 bridgehead atoms. The second kappa shape index (κ2) is 11.5. The van der Waals surface area contributed by atoms with Crippen molar-refractivity contribution in [2.45, 2.75) is 58.0 Å². The second-order valence-electron chi connectivity index (χ2n) is 8.79. The molecular weight excluding hydrogens is 471 g/mol. The van der Waals surface area contributed by atoms with Crippen LogP contribution in [0.25, 0.3) is 0 Å². The van der Waals surface area contributed by atoms with E-state index in [-0.39, 0.29) is 42.1 Å². The Kier molecular flexibility index (Phi) is 8.21. The van der Waals surface area contributed by atoms with Crippen LogP contribution >= 0.6 is 0 Å². The quantitative estimate of drug-likeness (QED) is 0.558. The zero-order valence-electron chi connectivity index (χ0n) is 20.5. The highest BCUT2D eigenvalue weighted by Gasteiger charge is 2.35. The maximum atomic E-state index is 13.6. The molecule has 0 saturated carbocycles. The number of carbonyl (C=O) groups is 2. The number of ether oxygens (including phenoxy) is 3. The molecule has 36 heavy (non-hydrogen) atoms. The molecule has 3 heterocycles. The SMILES string of the molecule is COc1cc(CNC(=O)c2cc(C3=NO[C@H]([C@H]4CO[C@H](CCC(C)=O)CO4)C3)nc(C)n2)ccc1F. The lowest BCUT2D eigenvalue weighted by Gasteiger charge is -2.31. The Bertz CT molecular complexity index is 1150. The molecule has 2 aliphatic heterocycles. The van der Waals surface area contributed by atoms with Gasteiger partial charge >= 0.3 is 0 Å². The Balaban J connectivity index is 1.34. The van der Waals surface area contributed by atoms with E-state index in [2.05, 4.69) is 20.4 Å². The van der Waals surface area contributed by atoms with Gasteiger partial charge in [-0.1, -0.05) is 11.2 Å². The van der Waals surface area contributed by atoms with Crippen LogP contribution in [0.3, 0.4) is 0 Å². The van der Waals surface area contributed by atoms with Crippen molar-refractivity contribution in [1.29, 1.82) is 0 Å². The molecule has 1 fully saturated rings. The summed E-state index contributed by atoms with van der Waals surface area (Å²) < 4.78 is 30.3. The third-order valence-corrected chi connectivity index (χ3v) is 5.95. The summed E-state index contributed by atoms with van der Waals surface area (Å²) >= 11 is 0. The van der Waals surface area contributed by atoms with Crippen LogP contribution in [-0.2, 0) is 25.7 Å². The number of nitrogens with one attached hydrogen (secondary N) is 1. The number of amides is 1. The summed E-state index contributed by atoms with van der Waals surface area (Å²) in [4.78, 5) is 38.2. The normalized spacial score (nSPS) is 21.4. The molecule has 2 aliphatic rings. The van der Waals surface area contributed by atoms with Crippen LogP contribution < -0.4 is 10.1 Å². The summed E-state index contributed by atoms with van der Waals surface area (Å²) in [5, 5.41) is 6.95. The lowest BCUT2D eigenvalue weighted by atomic mass is 10.0. The van der Waals surface area contributed by atoms with Crippen LogP contribution in [0.4, 0.5) is 4.39 Å². The van der Waals surface area contributed by atoms with Gasteiger partial charge in [0.05, 0.1) is 32.1 Å². The van der Waals surface area contributed by atoms with Crippen LogP contribution in [0.5, 0.6) is 5.75 Å². The van der Waals surface area contributed by atoms with Crippen molar-refractivity contribution in [3.05, 3.63) is 52.9 Å². The number of benzene rings is 1. The first-order chi connectivity index (χ1) is 17.3. The van der Waals surface area contributed by atoms with E-state index in [4.69, 9.17) is 19.0 Å². The minimum Gasteiger partial charge on any atom is -0.494 e. The number of hydrogen-bond donors (Lipinski definition) is 1. The molecule has 1 aromatic carbocycles. The van der Waals surface area contributed by atoms with Crippen LogP contribution in [0.1, 0.15) is 53.8 Å². The molecule has 0 unspecified atom stereocenters. The lowest BCUT2D eigenvalue weighted by molar-refractivity contribution is -0.172. The van der Waals surface area contributed by atoms with Crippen molar-refractivity contribution < 1.29 is 33.0 Å². The van der Waals surface area contributed by atoms with Crippen molar-refractivity contribution in [3.63, 3.8) is 0 Å². The summed E-state index contributed by atoms with van der Waals surface area (Å²) in [5.74, 6) is -0.226. The molecule has 11 heteroatoms. The van der Waals surface area contributed by atoms with Gasteiger partial charge in [0.15, 0.2) is 17.7 Å². The molecule has 1 N–H and O–H groups in total. The first-order valence-corrected chi connectivity index (χ1v) is 11.7. The highest BCUT2D eigenvalue weighted by Crippen LogP contribution is 2.24. The summed E-state index contributed by atoms with van der Waals surface area (Å²) in [6.45, 7) is 4.17. The van der Waals surface area contributed by atoms with Gasteiger partial charge in [0, 0.05) is 19.4 Å². The predicted molar refractivity (Wildman–Crippen MR) is 126 cm³/mol. The van der Waals surface area contributed by atoms with Gasteiger partial charge in [-0.2, -0.15) is 0 Å². The molecule has 3 atom stereocenters. The van der Waals surface area contributed by atoms with Gasteiger partial charge in [-0.15, -0.1) is 0 Å². The van der Waals surface area contributed by atoms with E-state index < -0.39 is 11.7 Å². The Morgan fingerprint density at radius 2 is 2.00 bits per heavy atom. The molecule has 10 nitrogen and oxygen atoms in total. The van der Waals surface area contributed by atoms with E-state index >= 15 is 0 Å². The molecular formula is C25H29FN4O6. The predicted octanol–water partition coefficient (Wildman–Crippen LogP) is 2.51. The zero-order valence-corrected chi connectivity index (χ0v) is 20.5. The van der Waals surface area contributed by atoms with E-state index in [1.165, 1.54) is 19.2 Å². The monoisotopic (exact) mass is 500 g/mol. The van der Waals surface area contributed by atoms with E-state index in [9.17, 15) is 14.0 Å². The summed E-state index contributed by atoms with van der Waals surface area (Å²) in [5.41, 5.74) is 1.95. The van der Waals surface area contributed by atoms with E-state index in [0.717, 1.165) is 0 Å². The number of aromatic nitrogens is 2. The van der Waals surface area contributed by atoms with E-state index in [1.807, 2.05) is 0 Å². The molecule has 1 amide bonds. The smallest absolute Gasteiger partial charge is 0.270 e. The van der Waals surface area contributed by atoms with Crippen molar-refractivity contribution >= 4 is 17.4 Å². The number of ketones is 1. The van der Waals surface area contributed by atoms with Gasteiger partial charge in [-0.25, -0.2) is 14.4 Å². The number of aryl methyl sites for hydroxylation is 1. The largest absolute Gasteiger partial charge is 0.494 e. The first kappa shape index (κ1) is 25.6. The maximum Gasteiger partial charge on any atom is 0.270 e. The number of halogens is 1. The summed E-state index contributed by atoms with van der Waals surface area (Å²) in [7, 11) is 1.38. The van der Waals surface area contributed by atoms with Crippen LogP contribution in [0.2, 0.25) is 0 Å². The Morgan fingerprint density at radius 1 is 1.17 bits per heavy atom. The van der Waals surface area contributed by atoms with Crippen molar-refractivity contribution in [2.24, 2.45) is 5.16 Å². The zero-order chi connectivity index (χ0) is 25.7. The minimum absolute atomic E-state index is 0.103. The Morgan fingerprint density at radius 3 is 2.72 bits per heavy atom. The summed E-state index contributed by atoms with van der Waals surface area (Å²) in [6, 6.07) is 5.95. The summed E-state index contributed by atoms with van der Waals surface area (Å²) in [6.07, 6.45) is 0.808. The fourth-order valence-corrected chi connectivity index (χ4v) is 3.97. The molecule has 0 spiro atoms. The molecule has 0 radical (unpaired) electrons. The average Bonchev–Trinajstić information content (AvgIpc) is 3.37. The van der Waals surface area contributed by atoms with Crippen molar-refractivity contribution in [3.8, 4) is 5.75 Å². The van der Waals surface area contributed by atoms with Gasteiger partial charge in [-0.05, 0) is 44.0 Å². The number of oxime groups is 1. The fourth-order valence-electron chi connectivity index (χ4n) is 3.97. The number of carbonyl (C=O) groups excluding carboxylic acids is 2. The first-order valence-electron chi connectivity index (χ1n) is 11.7. The fraction of sp³-hybridized carbons (Fsp3) is 0.480. The third kappa shape index (κ3) is 6.41. The molecule has 192 valence electrons. The second-order valence-corrected chi connectivity index (χ2v) is 8.79. The number of Topliss-reactive ketones (excluding diaryl/α,β-unsaturated/α-hetero) is 1. The third-order valence-electron chi connectivity index (χ3n) is 5.95. The highest BCUT2D eigenvalue weighted by atomic mass is 19.1. The Labute approximate surface area is 208 Å². The molecule has 2 aromatic rings. The van der Waals surface area contributed by atoms with Gasteiger partial charge in [0.1, 0.15) is 29.1 Å². The maximum absolute atomic E-state index is 13.6. The Hall–Kier alpha value is -3.44. The van der Waals surface area contributed by atoms with Crippen molar-refractivity contribution in [2.75, 3.05) is 20.3 Å². The highest BCUT2D eigenvalue weighted by molar-refractivity contribution is 6.02. The minimum atomic E-state index is -0.473. The van der Waals surface area contributed by atoms with Crippen LogP contribution in [-0.4, -0.2) is 66.0 Å². The molecule has 1 aromatic heterocycles. The number of hydrogen-bond acceptors (Lipinski definition) is 9. The van der Waals surface area contributed by atoms with Gasteiger partial charge in [0.2, 0.25) is 0 Å². The lowest BCUT2D eigenvalue weighted by Crippen LogP contribution is -2.42. The number of methoxy groups -OCH3 is 1. The van der Waals surface area contributed by atoms with Crippen LogP contribution in [0.15, 0.2) is 29.4 Å². The number of rotatable bonds is 9. The molecule has 1 saturated heterocycles. The standard InChI is InChI=1S/C25H29FN4O6/c1-14(31)4-6-17-12-35-24(13-34-17)23-10-20(30-36-23)19-9-21(29-15(2)28-19)25(32)27-11-16-5-7-18(26)22(8-16)33-3/h5,7-9,17,23-24H,4,6,10-13H2,1-3H3,(H,27,32)/t17-,23+,24-/m1/s1. The topological polar surface area (TPSA) is 121 Å². The molecule has 0 aliphatic carbocycles. The van der Waals surface area contributed by atoms with Crippen molar-refractivity contribution in [1.82, 2.24) is 15.3 Å². The van der Waals surface area contributed by atoms with Crippen LogP contribution in [0, 0.1) is 12.7 Å². The van der Waals surface area contributed by atoms with Gasteiger partial charge < -0.3 is 29.2 Å².